The molecular formula is C12H26O2. The van der Waals surface area contributed by atoms with Crippen LogP contribution in [0.2, 0.25) is 0 Å². The molecule has 0 saturated heterocycles. The predicted molar refractivity (Wildman–Crippen MR) is 60.3 cm³/mol. The summed E-state index contributed by atoms with van der Waals surface area (Å²) < 4.78 is 0. The number of unbranched alkanes of at least 4 members (excludes halogenated alkanes) is 6. The lowest BCUT2D eigenvalue weighted by atomic mass is 10.0. The first-order valence-electron chi connectivity index (χ1n) is 6.03. The van der Waals surface area contributed by atoms with Gasteiger partial charge < -0.3 is 10.2 Å². The van der Waals surface area contributed by atoms with Crippen LogP contribution >= 0.6 is 0 Å². The summed E-state index contributed by atoms with van der Waals surface area (Å²) in [4.78, 5) is 0. The third kappa shape index (κ3) is 10.0. The van der Waals surface area contributed by atoms with E-state index in [0.29, 0.717) is 19.1 Å². The molecule has 14 heavy (non-hydrogen) atoms. The highest BCUT2D eigenvalue weighted by atomic mass is 16.3. The molecule has 0 spiro atoms. The Balaban J connectivity index is 2.92. The van der Waals surface area contributed by atoms with Crippen molar-refractivity contribution >= 4 is 0 Å². The summed E-state index contributed by atoms with van der Waals surface area (Å²) in [6, 6.07) is 0. The Morgan fingerprint density at radius 3 is 1.79 bits per heavy atom. The van der Waals surface area contributed by atoms with Crippen molar-refractivity contribution in [2.24, 2.45) is 5.92 Å². The molecule has 2 nitrogen and oxygen atoms in total. The number of hydrogen-bond donors (Lipinski definition) is 2. The van der Waals surface area contributed by atoms with Gasteiger partial charge in [0, 0.05) is 13.2 Å². The van der Waals surface area contributed by atoms with Crippen LogP contribution in [-0.2, 0) is 0 Å². The molecule has 0 radical (unpaired) electrons. The van der Waals surface area contributed by atoms with E-state index in [4.69, 9.17) is 10.2 Å². The monoisotopic (exact) mass is 202 g/mol. The van der Waals surface area contributed by atoms with Gasteiger partial charge in [-0.2, -0.15) is 0 Å². The highest BCUT2D eigenvalue weighted by Gasteiger charge is 1.98. The lowest BCUT2D eigenvalue weighted by molar-refractivity contribution is 0.227. The highest BCUT2D eigenvalue weighted by Crippen LogP contribution is 2.11. The van der Waals surface area contributed by atoms with E-state index in [1.807, 2.05) is 0 Å². The normalized spacial score (nSPS) is 13.1. The smallest absolute Gasteiger partial charge is 0.0456 e. The quantitative estimate of drug-likeness (QED) is 0.535. The van der Waals surface area contributed by atoms with Gasteiger partial charge in [-0.1, -0.05) is 45.4 Å². The van der Waals surface area contributed by atoms with E-state index in [0.717, 1.165) is 12.8 Å². The van der Waals surface area contributed by atoms with Crippen molar-refractivity contribution < 1.29 is 10.2 Å². The van der Waals surface area contributed by atoms with Gasteiger partial charge in [0.05, 0.1) is 0 Å². The molecule has 2 heteroatoms. The van der Waals surface area contributed by atoms with Crippen molar-refractivity contribution in [2.45, 2.75) is 58.3 Å². The maximum absolute atomic E-state index is 8.81. The van der Waals surface area contributed by atoms with Crippen LogP contribution in [0.4, 0.5) is 0 Å². The summed E-state index contributed by atoms with van der Waals surface area (Å²) in [5, 5.41) is 17.4. The fourth-order valence-electron chi connectivity index (χ4n) is 1.58. The predicted octanol–water partition coefficient (Wildman–Crippen LogP) is 2.73. The SMILES string of the molecule is CC(CO)CCCCCCCCCO. The molecular weight excluding hydrogens is 176 g/mol. The Morgan fingerprint density at radius 1 is 0.786 bits per heavy atom. The second-order valence-corrected chi connectivity index (χ2v) is 4.27. The zero-order valence-corrected chi connectivity index (χ0v) is 9.54. The van der Waals surface area contributed by atoms with Crippen LogP contribution in [0.5, 0.6) is 0 Å². The molecule has 0 bridgehead atoms. The van der Waals surface area contributed by atoms with Gasteiger partial charge in [-0.15, -0.1) is 0 Å². The Kier molecular flexibility index (Phi) is 10.9. The van der Waals surface area contributed by atoms with Crippen LogP contribution in [-0.4, -0.2) is 23.4 Å². The lowest BCUT2D eigenvalue weighted by Crippen LogP contribution is -1.99. The minimum absolute atomic E-state index is 0.330. The Labute approximate surface area is 88.3 Å². The van der Waals surface area contributed by atoms with Gasteiger partial charge in [-0.3, -0.25) is 0 Å². The van der Waals surface area contributed by atoms with E-state index in [9.17, 15) is 0 Å². The molecule has 1 atom stereocenters. The maximum atomic E-state index is 8.81. The van der Waals surface area contributed by atoms with Crippen molar-refractivity contribution in [2.75, 3.05) is 13.2 Å². The van der Waals surface area contributed by atoms with Crippen molar-refractivity contribution in [3.63, 3.8) is 0 Å². The summed E-state index contributed by atoms with van der Waals surface area (Å²) >= 11 is 0. The zero-order valence-electron chi connectivity index (χ0n) is 9.54. The molecule has 0 aromatic carbocycles. The molecule has 0 fully saturated rings. The first kappa shape index (κ1) is 13.9. The highest BCUT2D eigenvalue weighted by molar-refractivity contribution is 4.51. The van der Waals surface area contributed by atoms with E-state index < -0.39 is 0 Å². The number of rotatable bonds is 10. The molecule has 0 saturated carbocycles. The van der Waals surface area contributed by atoms with E-state index in [2.05, 4.69) is 6.92 Å². The van der Waals surface area contributed by atoms with Crippen LogP contribution in [0.15, 0.2) is 0 Å². The molecule has 0 aliphatic heterocycles. The van der Waals surface area contributed by atoms with Crippen molar-refractivity contribution in [3.8, 4) is 0 Å². The molecule has 0 heterocycles. The van der Waals surface area contributed by atoms with Crippen LogP contribution in [0.1, 0.15) is 58.3 Å². The third-order valence-corrected chi connectivity index (χ3v) is 2.67. The van der Waals surface area contributed by atoms with Gasteiger partial charge in [0.2, 0.25) is 0 Å². The van der Waals surface area contributed by atoms with Crippen LogP contribution in [0.25, 0.3) is 0 Å². The molecule has 0 aromatic heterocycles. The van der Waals surface area contributed by atoms with Gasteiger partial charge in [0.25, 0.3) is 0 Å². The molecule has 0 aliphatic carbocycles. The summed E-state index contributed by atoms with van der Waals surface area (Å²) in [7, 11) is 0. The van der Waals surface area contributed by atoms with Crippen LogP contribution in [0.3, 0.4) is 0 Å². The van der Waals surface area contributed by atoms with E-state index in [1.165, 1.54) is 38.5 Å². The second-order valence-electron chi connectivity index (χ2n) is 4.27. The molecule has 0 rings (SSSR count). The summed E-state index contributed by atoms with van der Waals surface area (Å²) in [5.74, 6) is 0.476. The molecule has 0 aromatic rings. The standard InChI is InChI=1S/C12H26O2/c1-12(11-14)9-7-5-3-2-4-6-8-10-13/h12-14H,2-11H2,1H3. The fourth-order valence-corrected chi connectivity index (χ4v) is 1.58. The van der Waals surface area contributed by atoms with E-state index in [1.54, 1.807) is 0 Å². The van der Waals surface area contributed by atoms with E-state index >= 15 is 0 Å². The topological polar surface area (TPSA) is 40.5 Å². The average Bonchev–Trinajstić information content (AvgIpc) is 2.21. The van der Waals surface area contributed by atoms with Crippen molar-refractivity contribution in [3.05, 3.63) is 0 Å². The Morgan fingerprint density at radius 2 is 1.29 bits per heavy atom. The molecule has 86 valence electrons. The first-order chi connectivity index (χ1) is 6.81. The second kappa shape index (κ2) is 11.0. The molecule has 0 amide bonds. The van der Waals surface area contributed by atoms with Gasteiger partial charge >= 0.3 is 0 Å². The Hall–Kier alpha value is -0.0800. The third-order valence-electron chi connectivity index (χ3n) is 2.67. The van der Waals surface area contributed by atoms with Crippen LogP contribution in [0, 0.1) is 5.92 Å². The van der Waals surface area contributed by atoms with Gasteiger partial charge in [-0.25, -0.2) is 0 Å². The van der Waals surface area contributed by atoms with Crippen LogP contribution < -0.4 is 0 Å². The van der Waals surface area contributed by atoms with Gasteiger partial charge in [-0.05, 0) is 18.8 Å². The Bertz CT molecular complexity index is 104. The zero-order chi connectivity index (χ0) is 10.6. The van der Waals surface area contributed by atoms with Gasteiger partial charge in [0.15, 0.2) is 0 Å². The van der Waals surface area contributed by atoms with Crippen molar-refractivity contribution in [1.29, 1.82) is 0 Å². The minimum atomic E-state index is 0.330. The summed E-state index contributed by atoms with van der Waals surface area (Å²) in [5.41, 5.74) is 0. The van der Waals surface area contributed by atoms with Crippen molar-refractivity contribution in [1.82, 2.24) is 0 Å². The first-order valence-corrected chi connectivity index (χ1v) is 6.03. The lowest BCUT2D eigenvalue weighted by Gasteiger charge is -2.06. The maximum Gasteiger partial charge on any atom is 0.0456 e. The molecule has 2 N–H and O–H groups in total. The minimum Gasteiger partial charge on any atom is -0.396 e. The average molecular weight is 202 g/mol. The molecule has 0 aliphatic rings. The summed E-state index contributed by atoms with van der Waals surface area (Å²) in [6.45, 7) is 2.77. The largest absolute Gasteiger partial charge is 0.396 e. The summed E-state index contributed by atoms with van der Waals surface area (Å²) in [6.07, 6.45) is 9.70. The molecule has 1 unspecified atom stereocenters. The fraction of sp³-hybridized carbons (Fsp3) is 1.00. The number of aliphatic hydroxyl groups excluding tert-OH is 2. The number of aliphatic hydroxyl groups is 2. The van der Waals surface area contributed by atoms with E-state index in [-0.39, 0.29) is 0 Å². The number of hydrogen-bond acceptors (Lipinski definition) is 2. The van der Waals surface area contributed by atoms with Gasteiger partial charge in [0.1, 0.15) is 0 Å².